The van der Waals surface area contributed by atoms with Gasteiger partial charge in [0.05, 0.1) is 0 Å². The summed E-state index contributed by atoms with van der Waals surface area (Å²) in [5.41, 5.74) is 7.10. The molecular weight excluding hydrogens is 154 g/mol. The van der Waals surface area contributed by atoms with Crippen molar-refractivity contribution in [3.8, 4) is 0 Å². The van der Waals surface area contributed by atoms with E-state index in [9.17, 15) is 0 Å². The lowest BCUT2D eigenvalue weighted by molar-refractivity contribution is 0.232. The van der Waals surface area contributed by atoms with Gasteiger partial charge in [-0.2, -0.15) is 0 Å². The van der Waals surface area contributed by atoms with Crippen LogP contribution in [0.2, 0.25) is 0 Å². The highest BCUT2D eigenvalue weighted by Crippen LogP contribution is 2.30. The molecule has 0 spiro atoms. The summed E-state index contributed by atoms with van der Waals surface area (Å²) in [4.78, 5) is 3.99. The molecule has 4 heteroatoms. The molecule has 1 saturated carbocycles. The Balaban J connectivity index is 2.24. The number of aliphatic imine (C=N–C) groups is 1. The first kappa shape index (κ1) is 9.32. The average molecular weight is 171 g/mol. The Labute approximate surface area is 72.8 Å². The van der Waals surface area contributed by atoms with E-state index in [4.69, 9.17) is 10.9 Å². The van der Waals surface area contributed by atoms with Crippen LogP contribution in [-0.2, 0) is 0 Å². The van der Waals surface area contributed by atoms with Crippen LogP contribution in [0.4, 0.5) is 0 Å². The summed E-state index contributed by atoms with van der Waals surface area (Å²) < 4.78 is 0. The van der Waals surface area contributed by atoms with E-state index >= 15 is 0 Å². The van der Waals surface area contributed by atoms with E-state index in [1.54, 1.807) is 0 Å². The van der Waals surface area contributed by atoms with Gasteiger partial charge in [0.1, 0.15) is 0 Å². The Morgan fingerprint density at radius 2 is 2.42 bits per heavy atom. The van der Waals surface area contributed by atoms with Crippen LogP contribution in [-0.4, -0.2) is 17.7 Å². The summed E-state index contributed by atoms with van der Waals surface area (Å²) in [5.74, 6) is 1.61. The standard InChI is InChI=1S/C8H17N3O/c1-6-2-3-7(4-6)5-10-8(9)11-12/h6-7,12H,2-5H2,1H3,(H3,9,10,11). The molecule has 4 nitrogen and oxygen atoms in total. The van der Waals surface area contributed by atoms with Crippen molar-refractivity contribution in [1.82, 2.24) is 5.48 Å². The fraction of sp³-hybridized carbons (Fsp3) is 0.875. The highest BCUT2D eigenvalue weighted by Gasteiger charge is 2.20. The van der Waals surface area contributed by atoms with E-state index in [2.05, 4.69) is 11.9 Å². The van der Waals surface area contributed by atoms with Crippen LogP contribution in [0.25, 0.3) is 0 Å². The lowest BCUT2D eigenvalue weighted by Gasteiger charge is -2.05. The fourth-order valence-electron chi connectivity index (χ4n) is 1.75. The maximum atomic E-state index is 8.35. The average Bonchev–Trinajstić information content (AvgIpc) is 2.47. The zero-order chi connectivity index (χ0) is 8.97. The minimum Gasteiger partial charge on any atom is -0.368 e. The SMILES string of the molecule is CC1CCC(CN=C(N)NO)C1. The molecule has 4 N–H and O–H groups in total. The van der Waals surface area contributed by atoms with Crippen molar-refractivity contribution in [2.45, 2.75) is 26.2 Å². The van der Waals surface area contributed by atoms with Gasteiger partial charge in [-0.15, -0.1) is 0 Å². The molecule has 1 rings (SSSR count). The first-order valence-electron chi connectivity index (χ1n) is 4.42. The van der Waals surface area contributed by atoms with Gasteiger partial charge in [0.2, 0.25) is 5.96 Å². The van der Waals surface area contributed by atoms with Crippen molar-refractivity contribution in [3.63, 3.8) is 0 Å². The quantitative estimate of drug-likeness (QED) is 0.325. The minimum absolute atomic E-state index is 0.120. The first-order chi connectivity index (χ1) is 5.72. The number of nitrogens with one attached hydrogen (secondary N) is 1. The van der Waals surface area contributed by atoms with Gasteiger partial charge in [-0.25, -0.2) is 5.48 Å². The van der Waals surface area contributed by atoms with Gasteiger partial charge in [0.25, 0.3) is 0 Å². The van der Waals surface area contributed by atoms with Crippen molar-refractivity contribution in [1.29, 1.82) is 0 Å². The second-order valence-corrected chi connectivity index (χ2v) is 3.62. The predicted molar refractivity (Wildman–Crippen MR) is 47.9 cm³/mol. The topological polar surface area (TPSA) is 70.6 Å². The van der Waals surface area contributed by atoms with Crippen molar-refractivity contribution in [3.05, 3.63) is 0 Å². The predicted octanol–water partition coefficient (Wildman–Crippen LogP) is 0.716. The van der Waals surface area contributed by atoms with Gasteiger partial charge in [-0.3, -0.25) is 10.2 Å². The molecule has 70 valence electrons. The molecule has 0 saturated heterocycles. The lowest BCUT2D eigenvalue weighted by atomic mass is 10.1. The number of guanidine groups is 1. The number of hydroxylamine groups is 1. The van der Waals surface area contributed by atoms with Crippen LogP contribution >= 0.6 is 0 Å². The van der Waals surface area contributed by atoms with Gasteiger partial charge in [0.15, 0.2) is 0 Å². The largest absolute Gasteiger partial charge is 0.368 e. The smallest absolute Gasteiger partial charge is 0.212 e. The summed E-state index contributed by atoms with van der Waals surface area (Å²) in [6, 6.07) is 0. The Kier molecular flexibility index (Phi) is 3.34. The summed E-state index contributed by atoms with van der Waals surface area (Å²) in [7, 11) is 0. The maximum absolute atomic E-state index is 8.35. The number of nitrogens with zero attached hydrogens (tertiary/aromatic N) is 1. The second-order valence-electron chi connectivity index (χ2n) is 3.62. The molecule has 0 radical (unpaired) electrons. The van der Waals surface area contributed by atoms with Crippen LogP contribution in [0.5, 0.6) is 0 Å². The van der Waals surface area contributed by atoms with Gasteiger partial charge in [0, 0.05) is 6.54 Å². The number of nitrogens with two attached hydrogens (primary N) is 1. The van der Waals surface area contributed by atoms with E-state index in [1.165, 1.54) is 19.3 Å². The molecule has 0 amide bonds. The van der Waals surface area contributed by atoms with E-state index in [0.717, 1.165) is 12.5 Å². The van der Waals surface area contributed by atoms with Crippen molar-refractivity contribution in [2.24, 2.45) is 22.6 Å². The van der Waals surface area contributed by atoms with Crippen LogP contribution in [0.1, 0.15) is 26.2 Å². The Morgan fingerprint density at radius 1 is 1.67 bits per heavy atom. The van der Waals surface area contributed by atoms with Crippen molar-refractivity contribution in [2.75, 3.05) is 6.54 Å². The third-order valence-corrected chi connectivity index (χ3v) is 2.44. The molecule has 0 aromatic carbocycles. The van der Waals surface area contributed by atoms with E-state index < -0.39 is 0 Å². The highest BCUT2D eigenvalue weighted by molar-refractivity contribution is 5.76. The molecule has 0 aromatic rings. The van der Waals surface area contributed by atoms with Gasteiger partial charge in [-0.1, -0.05) is 13.3 Å². The molecule has 1 aliphatic carbocycles. The number of hydrogen-bond acceptors (Lipinski definition) is 2. The normalized spacial score (nSPS) is 30.7. The van der Waals surface area contributed by atoms with Crippen molar-refractivity contribution >= 4 is 5.96 Å². The summed E-state index contributed by atoms with van der Waals surface area (Å²) >= 11 is 0. The Hall–Kier alpha value is -0.770. The molecule has 0 heterocycles. The van der Waals surface area contributed by atoms with Crippen LogP contribution in [0.15, 0.2) is 4.99 Å². The van der Waals surface area contributed by atoms with Gasteiger partial charge < -0.3 is 5.73 Å². The summed E-state index contributed by atoms with van der Waals surface area (Å²) in [5, 5.41) is 8.35. The van der Waals surface area contributed by atoms with Crippen molar-refractivity contribution < 1.29 is 5.21 Å². The van der Waals surface area contributed by atoms with Crippen LogP contribution < -0.4 is 11.2 Å². The van der Waals surface area contributed by atoms with Crippen LogP contribution in [0.3, 0.4) is 0 Å². The minimum atomic E-state index is 0.120. The first-order valence-corrected chi connectivity index (χ1v) is 4.42. The summed E-state index contributed by atoms with van der Waals surface area (Å²) in [6.07, 6.45) is 3.78. The molecule has 0 bridgehead atoms. The van der Waals surface area contributed by atoms with E-state index in [-0.39, 0.29) is 5.96 Å². The molecule has 2 unspecified atom stereocenters. The van der Waals surface area contributed by atoms with Gasteiger partial charge in [-0.05, 0) is 24.7 Å². The monoisotopic (exact) mass is 171 g/mol. The Bertz CT molecular complexity index is 170. The van der Waals surface area contributed by atoms with E-state index in [0.29, 0.717) is 5.92 Å². The van der Waals surface area contributed by atoms with E-state index in [1.807, 2.05) is 5.48 Å². The number of rotatable bonds is 2. The molecule has 1 aliphatic rings. The van der Waals surface area contributed by atoms with Gasteiger partial charge >= 0.3 is 0 Å². The molecule has 2 atom stereocenters. The fourth-order valence-corrected chi connectivity index (χ4v) is 1.75. The molecule has 0 aliphatic heterocycles. The third-order valence-electron chi connectivity index (χ3n) is 2.44. The molecule has 1 fully saturated rings. The molecule has 12 heavy (non-hydrogen) atoms. The zero-order valence-corrected chi connectivity index (χ0v) is 7.45. The Morgan fingerprint density at radius 3 is 2.92 bits per heavy atom. The number of hydrogen-bond donors (Lipinski definition) is 3. The summed E-state index contributed by atoms with van der Waals surface area (Å²) in [6.45, 7) is 3.00. The maximum Gasteiger partial charge on any atom is 0.212 e. The lowest BCUT2D eigenvalue weighted by Crippen LogP contribution is -2.29. The third kappa shape index (κ3) is 2.70. The highest BCUT2D eigenvalue weighted by atomic mass is 16.5. The zero-order valence-electron chi connectivity index (χ0n) is 7.45. The second kappa shape index (κ2) is 4.30. The molecule has 0 aromatic heterocycles. The molecular formula is C8H17N3O. The van der Waals surface area contributed by atoms with Crippen LogP contribution in [0, 0.1) is 11.8 Å².